The summed E-state index contributed by atoms with van der Waals surface area (Å²) in [4.78, 5) is 53.4. The molecule has 0 aromatic heterocycles. The SMILES string of the molecule is COC(=O)N1CC[C@@H](NC(=O)Nc2cc(C(C)=O)cc(C(C)=O)c2)[C@H](CN2CCCC(Cc3ccc(F)cc3)C2)C1. The van der Waals surface area contributed by atoms with E-state index in [0.29, 0.717) is 48.8 Å². The summed E-state index contributed by atoms with van der Waals surface area (Å²) in [6.07, 6.45) is 3.19. The summed E-state index contributed by atoms with van der Waals surface area (Å²) in [6.45, 7) is 6.24. The normalized spacial score (nSPS) is 21.2. The zero-order chi connectivity index (χ0) is 29.5. The Balaban J connectivity index is 1.43. The number of hydrogen-bond donors (Lipinski definition) is 2. The predicted octanol–water partition coefficient (Wildman–Crippen LogP) is 4.76. The van der Waals surface area contributed by atoms with E-state index in [1.54, 1.807) is 17.0 Å². The number of piperidine rings is 2. The number of ketones is 2. The number of hydrogen-bond acceptors (Lipinski definition) is 6. The van der Waals surface area contributed by atoms with Gasteiger partial charge in [-0.1, -0.05) is 12.1 Å². The van der Waals surface area contributed by atoms with Gasteiger partial charge in [0.2, 0.25) is 0 Å². The molecule has 1 unspecified atom stereocenters. The molecule has 2 fully saturated rings. The van der Waals surface area contributed by atoms with Crippen molar-refractivity contribution >= 4 is 29.4 Å². The Bertz CT molecular complexity index is 1240. The topological polar surface area (TPSA) is 108 Å². The van der Waals surface area contributed by atoms with E-state index in [2.05, 4.69) is 15.5 Å². The van der Waals surface area contributed by atoms with Gasteiger partial charge in [0, 0.05) is 55.0 Å². The summed E-state index contributed by atoms with van der Waals surface area (Å²) in [6, 6.07) is 10.7. The van der Waals surface area contributed by atoms with Gasteiger partial charge in [0.25, 0.3) is 0 Å². The van der Waals surface area contributed by atoms with Gasteiger partial charge in [0.1, 0.15) is 5.82 Å². The first-order valence-electron chi connectivity index (χ1n) is 14.2. The van der Waals surface area contributed by atoms with Crippen molar-refractivity contribution in [3.05, 3.63) is 65.0 Å². The molecule has 0 saturated carbocycles. The monoisotopic (exact) mass is 566 g/mol. The molecule has 0 spiro atoms. The average molecular weight is 567 g/mol. The van der Waals surface area contributed by atoms with Crippen LogP contribution < -0.4 is 10.6 Å². The first-order chi connectivity index (χ1) is 19.6. The fraction of sp³-hybridized carbons (Fsp3) is 0.484. The van der Waals surface area contributed by atoms with Crippen LogP contribution in [-0.4, -0.2) is 79.4 Å². The van der Waals surface area contributed by atoms with Crippen LogP contribution in [0.4, 0.5) is 19.7 Å². The minimum absolute atomic E-state index is 0.0329. The van der Waals surface area contributed by atoms with Crippen LogP contribution in [0, 0.1) is 17.7 Å². The van der Waals surface area contributed by atoms with Crippen LogP contribution in [0.1, 0.15) is 59.4 Å². The highest BCUT2D eigenvalue weighted by Gasteiger charge is 2.35. The van der Waals surface area contributed by atoms with Gasteiger partial charge in [-0.15, -0.1) is 0 Å². The maximum absolute atomic E-state index is 13.3. The molecular weight excluding hydrogens is 527 g/mol. The van der Waals surface area contributed by atoms with E-state index in [4.69, 9.17) is 4.74 Å². The highest BCUT2D eigenvalue weighted by Crippen LogP contribution is 2.25. The van der Waals surface area contributed by atoms with Gasteiger partial charge in [-0.25, -0.2) is 14.0 Å². The number of methoxy groups -OCH3 is 1. The highest BCUT2D eigenvalue weighted by atomic mass is 19.1. The number of benzene rings is 2. The molecule has 2 N–H and O–H groups in total. The number of likely N-dealkylation sites (tertiary alicyclic amines) is 2. The molecule has 10 heteroatoms. The number of nitrogens with one attached hydrogen (secondary N) is 2. The first-order valence-corrected chi connectivity index (χ1v) is 14.2. The highest BCUT2D eigenvalue weighted by molar-refractivity contribution is 6.02. The molecule has 3 atom stereocenters. The second kappa shape index (κ2) is 13.7. The lowest BCUT2D eigenvalue weighted by Gasteiger charge is -2.42. The summed E-state index contributed by atoms with van der Waals surface area (Å²) >= 11 is 0. The third-order valence-electron chi connectivity index (χ3n) is 8.02. The van der Waals surface area contributed by atoms with Gasteiger partial charge >= 0.3 is 12.1 Å². The molecule has 0 radical (unpaired) electrons. The van der Waals surface area contributed by atoms with Gasteiger partial charge in [-0.05, 0) is 87.9 Å². The maximum atomic E-state index is 13.3. The van der Waals surface area contributed by atoms with Crippen molar-refractivity contribution in [3.8, 4) is 0 Å². The molecule has 2 heterocycles. The third kappa shape index (κ3) is 8.36. The zero-order valence-electron chi connectivity index (χ0n) is 24.0. The zero-order valence-corrected chi connectivity index (χ0v) is 24.0. The van der Waals surface area contributed by atoms with Gasteiger partial charge < -0.3 is 25.2 Å². The fourth-order valence-electron chi connectivity index (χ4n) is 5.91. The van der Waals surface area contributed by atoms with Crippen LogP contribution in [0.5, 0.6) is 0 Å². The maximum Gasteiger partial charge on any atom is 0.409 e. The van der Waals surface area contributed by atoms with Crippen molar-refractivity contribution in [1.29, 1.82) is 0 Å². The van der Waals surface area contributed by atoms with E-state index in [1.807, 2.05) is 12.1 Å². The minimum atomic E-state index is -0.436. The summed E-state index contributed by atoms with van der Waals surface area (Å²) in [7, 11) is 1.37. The van der Waals surface area contributed by atoms with Crippen LogP contribution in [0.25, 0.3) is 0 Å². The number of carbonyl (C=O) groups is 4. The smallest absolute Gasteiger partial charge is 0.409 e. The van der Waals surface area contributed by atoms with E-state index in [0.717, 1.165) is 37.9 Å². The van der Waals surface area contributed by atoms with Crippen LogP contribution in [-0.2, 0) is 11.2 Å². The van der Waals surface area contributed by atoms with Crippen LogP contribution >= 0.6 is 0 Å². The van der Waals surface area contributed by atoms with Gasteiger partial charge in [-0.3, -0.25) is 9.59 Å². The molecule has 4 rings (SSSR count). The molecule has 2 aromatic rings. The molecule has 2 aliphatic heterocycles. The van der Waals surface area contributed by atoms with E-state index in [9.17, 15) is 23.6 Å². The van der Waals surface area contributed by atoms with Crippen LogP contribution in [0.3, 0.4) is 0 Å². The van der Waals surface area contributed by atoms with Crippen molar-refractivity contribution in [2.24, 2.45) is 11.8 Å². The number of nitrogens with zero attached hydrogens (tertiary/aromatic N) is 2. The number of anilines is 1. The third-order valence-corrected chi connectivity index (χ3v) is 8.02. The predicted molar refractivity (Wildman–Crippen MR) is 154 cm³/mol. The lowest BCUT2D eigenvalue weighted by atomic mass is 9.88. The summed E-state index contributed by atoms with van der Waals surface area (Å²) in [5, 5.41) is 5.86. The van der Waals surface area contributed by atoms with Crippen molar-refractivity contribution in [1.82, 2.24) is 15.1 Å². The van der Waals surface area contributed by atoms with Crippen molar-refractivity contribution in [2.75, 3.05) is 45.2 Å². The minimum Gasteiger partial charge on any atom is -0.453 e. The Labute approximate surface area is 240 Å². The Morgan fingerprint density at radius 1 is 0.951 bits per heavy atom. The molecule has 220 valence electrons. The Morgan fingerprint density at radius 2 is 1.63 bits per heavy atom. The Hall–Kier alpha value is -3.79. The number of urea groups is 1. The van der Waals surface area contributed by atoms with E-state index < -0.39 is 6.03 Å². The number of amides is 3. The fourth-order valence-corrected chi connectivity index (χ4v) is 5.91. The van der Waals surface area contributed by atoms with Crippen LogP contribution in [0.15, 0.2) is 42.5 Å². The number of Topliss-reactive ketones (excluding diaryl/α,β-unsaturated/α-hetero) is 2. The molecule has 3 amide bonds. The molecule has 2 aromatic carbocycles. The second-order valence-corrected chi connectivity index (χ2v) is 11.2. The molecular formula is C31H39FN4O5. The number of ether oxygens (including phenoxy) is 1. The lowest BCUT2D eigenvalue weighted by Crippen LogP contribution is -2.56. The number of halogens is 1. The molecule has 0 bridgehead atoms. The summed E-state index contributed by atoms with van der Waals surface area (Å²) in [5.41, 5.74) is 2.17. The molecule has 0 aliphatic carbocycles. The van der Waals surface area contributed by atoms with E-state index in [1.165, 1.54) is 39.2 Å². The van der Waals surface area contributed by atoms with Crippen molar-refractivity contribution < 1.29 is 28.3 Å². The molecule has 2 saturated heterocycles. The Morgan fingerprint density at radius 3 is 2.27 bits per heavy atom. The van der Waals surface area contributed by atoms with Gasteiger partial charge in [0.15, 0.2) is 11.6 Å². The van der Waals surface area contributed by atoms with Gasteiger partial charge in [-0.2, -0.15) is 0 Å². The summed E-state index contributed by atoms with van der Waals surface area (Å²) in [5.74, 6) is -0.236. The molecule has 2 aliphatic rings. The van der Waals surface area contributed by atoms with E-state index in [-0.39, 0.29) is 35.4 Å². The quantitative estimate of drug-likeness (QED) is 0.446. The lowest BCUT2D eigenvalue weighted by molar-refractivity contribution is 0.0702. The second-order valence-electron chi connectivity index (χ2n) is 11.2. The number of carbonyl (C=O) groups excluding carboxylic acids is 4. The Kier molecular flexibility index (Phi) is 10.1. The number of rotatable bonds is 8. The first kappa shape index (κ1) is 30.2. The summed E-state index contributed by atoms with van der Waals surface area (Å²) < 4.78 is 18.3. The van der Waals surface area contributed by atoms with Crippen molar-refractivity contribution in [2.45, 2.75) is 45.6 Å². The molecule has 41 heavy (non-hydrogen) atoms. The average Bonchev–Trinajstić information content (AvgIpc) is 2.94. The van der Waals surface area contributed by atoms with Crippen LogP contribution in [0.2, 0.25) is 0 Å². The van der Waals surface area contributed by atoms with E-state index >= 15 is 0 Å². The largest absolute Gasteiger partial charge is 0.453 e. The van der Waals surface area contributed by atoms with Crippen molar-refractivity contribution in [3.63, 3.8) is 0 Å². The standard InChI is InChI=1S/C31H39FN4O5/c1-20(37)24-14-25(21(2)38)16-28(15-24)33-30(39)34-29-10-12-36(31(40)41-3)19-26(29)18-35-11-4-5-23(17-35)13-22-6-8-27(32)9-7-22/h6-9,14-16,23,26,29H,4-5,10-13,17-19H2,1-3H3,(H2,33,34,39)/t23?,26-,29-/m1/s1. The van der Waals surface area contributed by atoms with Gasteiger partial charge in [0.05, 0.1) is 7.11 Å². The molecule has 9 nitrogen and oxygen atoms in total.